The van der Waals surface area contributed by atoms with E-state index in [1.807, 2.05) is 0 Å². The van der Waals surface area contributed by atoms with Crippen LogP contribution in [0.2, 0.25) is 0 Å². The Bertz CT molecular complexity index is 708. The molecule has 1 aromatic carbocycles. The van der Waals surface area contributed by atoms with Crippen LogP contribution in [0.4, 0.5) is 0 Å². The number of hydrazone groups is 1. The van der Waals surface area contributed by atoms with Crippen molar-refractivity contribution in [3.63, 3.8) is 0 Å². The van der Waals surface area contributed by atoms with Gasteiger partial charge in [-0.2, -0.15) is 5.10 Å². The van der Waals surface area contributed by atoms with Gasteiger partial charge in [-0.15, -0.1) is 0 Å². The number of nitrogens with zero attached hydrogens (tertiary/aromatic N) is 1. The maximum absolute atomic E-state index is 12.7. The van der Waals surface area contributed by atoms with E-state index in [1.54, 1.807) is 0 Å². The molecule has 3 rings (SSSR count). The van der Waals surface area contributed by atoms with Crippen molar-refractivity contribution in [2.75, 3.05) is 0 Å². The maximum atomic E-state index is 12.7. The first-order valence-corrected chi connectivity index (χ1v) is 7.83. The molecule has 0 spiro atoms. The summed E-state index contributed by atoms with van der Waals surface area (Å²) in [5.74, 6) is 0.272. The first-order chi connectivity index (χ1) is 10.8. The van der Waals surface area contributed by atoms with Gasteiger partial charge in [-0.05, 0) is 42.7 Å². The number of carbonyl (C=O) groups is 1. The molecular formula is C18H22N2O3. The predicted molar refractivity (Wildman–Crippen MR) is 88.2 cm³/mol. The first kappa shape index (κ1) is 15.6. The largest absolute Gasteiger partial charge is 0.508 e. The molecular weight excluding hydrogens is 292 g/mol. The minimum Gasteiger partial charge on any atom is -0.508 e. The van der Waals surface area contributed by atoms with Gasteiger partial charge in [0.2, 0.25) is 5.91 Å². The third-order valence-corrected chi connectivity index (χ3v) is 5.71. The molecule has 5 heteroatoms. The zero-order chi connectivity index (χ0) is 16.8. The number of hydrogen-bond donors (Lipinski definition) is 3. The van der Waals surface area contributed by atoms with Gasteiger partial charge >= 0.3 is 0 Å². The summed E-state index contributed by atoms with van der Waals surface area (Å²) < 4.78 is 0. The topological polar surface area (TPSA) is 81.9 Å². The number of fused-ring (bicyclic) bond motifs is 2. The van der Waals surface area contributed by atoms with Crippen molar-refractivity contribution < 1.29 is 15.0 Å². The molecule has 0 saturated heterocycles. The molecule has 1 amide bonds. The van der Waals surface area contributed by atoms with Crippen LogP contribution in [0.3, 0.4) is 0 Å². The van der Waals surface area contributed by atoms with Crippen molar-refractivity contribution in [3.8, 4) is 11.5 Å². The molecule has 2 fully saturated rings. The summed E-state index contributed by atoms with van der Waals surface area (Å²) in [4.78, 5) is 12.7. The smallest absolute Gasteiger partial charge is 0.250 e. The average molecular weight is 314 g/mol. The van der Waals surface area contributed by atoms with Crippen LogP contribution in [0.5, 0.6) is 11.5 Å². The number of carbonyl (C=O) groups excluding carboxylic acids is 1. The van der Waals surface area contributed by atoms with Crippen LogP contribution >= 0.6 is 0 Å². The second-order valence-corrected chi connectivity index (χ2v) is 7.16. The van der Waals surface area contributed by atoms with Crippen molar-refractivity contribution in [3.05, 3.63) is 35.9 Å². The molecule has 2 atom stereocenters. The van der Waals surface area contributed by atoms with Crippen LogP contribution in [0.15, 0.2) is 35.5 Å². The Morgan fingerprint density at radius 1 is 1.43 bits per heavy atom. The molecule has 5 nitrogen and oxygen atoms in total. The van der Waals surface area contributed by atoms with Crippen molar-refractivity contribution >= 4 is 12.1 Å². The lowest BCUT2D eigenvalue weighted by Gasteiger charge is -2.36. The van der Waals surface area contributed by atoms with Crippen molar-refractivity contribution in [2.24, 2.45) is 21.8 Å². The second kappa shape index (κ2) is 5.11. The van der Waals surface area contributed by atoms with Crippen molar-refractivity contribution in [1.82, 2.24) is 5.43 Å². The highest BCUT2D eigenvalue weighted by molar-refractivity contribution is 5.89. The van der Waals surface area contributed by atoms with Crippen LogP contribution in [0.1, 0.15) is 38.7 Å². The van der Waals surface area contributed by atoms with E-state index < -0.39 is 5.41 Å². The third-order valence-electron chi connectivity index (χ3n) is 5.71. The number of rotatable bonds is 3. The van der Waals surface area contributed by atoms with Gasteiger partial charge in [0, 0.05) is 11.6 Å². The van der Waals surface area contributed by atoms with E-state index in [4.69, 9.17) is 0 Å². The summed E-state index contributed by atoms with van der Waals surface area (Å²) in [6.07, 6.45) is 4.08. The Hall–Kier alpha value is -2.30. The van der Waals surface area contributed by atoms with Gasteiger partial charge in [-0.1, -0.05) is 26.0 Å². The zero-order valence-corrected chi connectivity index (χ0v) is 13.5. The van der Waals surface area contributed by atoms with Crippen LogP contribution < -0.4 is 5.43 Å². The number of aromatic hydroxyl groups is 2. The monoisotopic (exact) mass is 314 g/mol. The fourth-order valence-electron chi connectivity index (χ4n) is 4.05. The highest BCUT2D eigenvalue weighted by atomic mass is 16.3. The minimum absolute atomic E-state index is 0.00543. The quantitative estimate of drug-likeness (QED) is 0.456. The number of benzene rings is 1. The van der Waals surface area contributed by atoms with Crippen molar-refractivity contribution in [1.29, 1.82) is 0 Å². The summed E-state index contributed by atoms with van der Waals surface area (Å²) in [7, 11) is 0. The lowest BCUT2D eigenvalue weighted by atomic mass is 9.68. The van der Waals surface area contributed by atoms with E-state index in [0.717, 1.165) is 24.8 Å². The van der Waals surface area contributed by atoms with E-state index in [0.29, 0.717) is 11.5 Å². The Morgan fingerprint density at radius 3 is 2.78 bits per heavy atom. The van der Waals surface area contributed by atoms with Gasteiger partial charge in [0.25, 0.3) is 0 Å². The maximum Gasteiger partial charge on any atom is 0.250 e. The number of hydrogen-bond acceptors (Lipinski definition) is 4. The van der Waals surface area contributed by atoms with E-state index in [2.05, 4.69) is 31.0 Å². The van der Waals surface area contributed by atoms with Gasteiger partial charge in [0.15, 0.2) is 0 Å². The van der Waals surface area contributed by atoms with Crippen LogP contribution in [0.25, 0.3) is 0 Å². The molecule has 0 aliphatic heterocycles. The van der Waals surface area contributed by atoms with E-state index in [9.17, 15) is 15.0 Å². The zero-order valence-electron chi connectivity index (χ0n) is 13.5. The molecule has 2 unspecified atom stereocenters. The molecule has 2 bridgehead atoms. The van der Waals surface area contributed by atoms with E-state index in [1.165, 1.54) is 24.4 Å². The number of phenolic OH excluding ortho intramolecular Hbond substituents is 2. The molecule has 122 valence electrons. The normalized spacial score (nSPS) is 28.4. The number of amides is 1. The van der Waals surface area contributed by atoms with Crippen molar-refractivity contribution in [2.45, 2.75) is 33.1 Å². The molecule has 0 heterocycles. The Kier molecular flexibility index (Phi) is 3.47. The molecule has 0 aromatic heterocycles. The van der Waals surface area contributed by atoms with Crippen LogP contribution in [-0.4, -0.2) is 22.3 Å². The fraction of sp³-hybridized carbons (Fsp3) is 0.444. The lowest BCUT2D eigenvalue weighted by molar-refractivity contribution is -0.128. The molecule has 2 saturated carbocycles. The van der Waals surface area contributed by atoms with Gasteiger partial charge in [-0.25, -0.2) is 5.43 Å². The van der Waals surface area contributed by atoms with Gasteiger partial charge in [0.1, 0.15) is 11.5 Å². The Balaban J connectivity index is 1.73. The Morgan fingerprint density at radius 2 is 2.17 bits per heavy atom. The fourth-order valence-corrected chi connectivity index (χ4v) is 4.05. The Labute approximate surface area is 135 Å². The number of nitrogens with one attached hydrogen (secondary N) is 1. The molecule has 0 radical (unpaired) electrons. The molecule has 1 aromatic rings. The summed E-state index contributed by atoms with van der Waals surface area (Å²) in [6.45, 7) is 8.51. The predicted octanol–water partition coefficient (Wildman–Crippen LogP) is 2.93. The molecule has 3 N–H and O–H groups in total. The molecule has 2 aliphatic rings. The minimum atomic E-state index is -0.511. The van der Waals surface area contributed by atoms with Gasteiger partial charge in [-0.3, -0.25) is 4.79 Å². The number of phenols is 2. The van der Waals surface area contributed by atoms with E-state index >= 15 is 0 Å². The third kappa shape index (κ3) is 2.31. The first-order valence-electron chi connectivity index (χ1n) is 7.83. The highest BCUT2D eigenvalue weighted by Gasteiger charge is 2.60. The second-order valence-electron chi connectivity index (χ2n) is 7.16. The van der Waals surface area contributed by atoms with Crippen LogP contribution in [0, 0.1) is 16.7 Å². The van der Waals surface area contributed by atoms with Gasteiger partial charge in [0.05, 0.1) is 11.6 Å². The highest BCUT2D eigenvalue weighted by Crippen LogP contribution is 2.65. The summed E-state index contributed by atoms with van der Waals surface area (Å²) in [6, 6.07) is 4.21. The summed E-state index contributed by atoms with van der Waals surface area (Å²) in [5, 5.41) is 22.9. The van der Waals surface area contributed by atoms with E-state index in [-0.39, 0.29) is 22.8 Å². The summed E-state index contributed by atoms with van der Waals surface area (Å²) in [5.41, 5.74) is 3.51. The molecule has 2 aliphatic carbocycles. The lowest BCUT2D eigenvalue weighted by Crippen LogP contribution is -2.39. The van der Waals surface area contributed by atoms with Crippen LogP contribution in [-0.2, 0) is 4.79 Å². The molecule has 23 heavy (non-hydrogen) atoms. The summed E-state index contributed by atoms with van der Waals surface area (Å²) >= 11 is 0. The standard InChI is InChI=1S/C18H22N2O3/c1-11-17(2,3)13-6-7-18(11,9-13)16(23)20-19-10-12-4-5-14(21)8-15(12)22/h4-5,8,10,13,21-22H,1,6-7,9H2,2-3H3,(H,20,23)/b19-10-. The van der Waals surface area contributed by atoms with Gasteiger partial charge < -0.3 is 10.2 Å². The SMILES string of the molecule is C=C1C2(C(=O)N/N=C\c3ccc(O)cc3O)CCC(C2)C1(C)C. The average Bonchev–Trinajstić information content (AvgIpc) is 3.01.